The van der Waals surface area contributed by atoms with Crippen molar-refractivity contribution in [2.45, 2.75) is 6.42 Å². The zero-order valence-electron chi connectivity index (χ0n) is 11.6. The molecule has 0 aromatic carbocycles. The van der Waals surface area contributed by atoms with Gasteiger partial charge in [0.15, 0.2) is 0 Å². The Morgan fingerprint density at radius 3 is 2.95 bits per heavy atom. The number of aromatic nitrogens is 3. The molecule has 110 valence electrons. The lowest BCUT2D eigenvalue weighted by Gasteiger charge is -2.09. The summed E-state index contributed by atoms with van der Waals surface area (Å²) in [6, 6.07) is 3.49. The summed E-state index contributed by atoms with van der Waals surface area (Å²) in [4.78, 5) is 23.6. The molecule has 21 heavy (non-hydrogen) atoms. The SMILES string of the molecule is COCCCNc1ncc(C(=O)O)c(-c2cccnc2)n1. The molecule has 0 saturated carbocycles. The van der Waals surface area contributed by atoms with E-state index in [-0.39, 0.29) is 5.56 Å². The molecule has 2 aromatic heterocycles. The van der Waals surface area contributed by atoms with Crippen LogP contribution in [0.1, 0.15) is 16.8 Å². The Labute approximate surface area is 122 Å². The van der Waals surface area contributed by atoms with Crippen molar-refractivity contribution in [3.8, 4) is 11.3 Å². The van der Waals surface area contributed by atoms with Gasteiger partial charge >= 0.3 is 5.97 Å². The van der Waals surface area contributed by atoms with Crippen molar-refractivity contribution in [3.05, 3.63) is 36.3 Å². The van der Waals surface area contributed by atoms with Crippen molar-refractivity contribution in [3.63, 3.8) is 0 Å². The number of nitrogens with one attached hydrogen (secondary N) is 1. The molecule has 0 unspecified atom stereocenters. The molecule has 2 heterocycles. The molecular weight excluding hydrogens is 272 g/mol. The first-order valence-corrected chi connectivity index (χ1v) is 6.46. The minimum atomic E-state index is -1.07. The van der Waals surface area contributed by atoms with E-state index in [0.717, 1.165) is 6.42 Å². The predicted octanol–water partition coefficient (Wildman–Crippen LogP) is 1.69. The number of methoxy groups -OCH3 is 1. The highest BCUT2D eigenvalue weighted by molar-refractivity contribution is 5.94. The van der Waals surface area contributed by atoms with Gasteiger partial charge in [-0.1, -0.05) is 0 Å². The summed E-state index contributed by atoms with van der Waals surface area (Å²) in [6.45, 7) is 1.28. The fourth-order valence-corrected chi connectivity index (χ4v) is 1.76. The van der Waals surface area contributed by atoms with E-state index < -0.39 is 5.97 Å². The maximum absolute atomic E-state index is 11.3. The van der Waals surface area contributed by atoms with E-state index in [1.165, 1.54) is 6.20 Å². The third-order valence-corrected chi connectivity index (χ3v) is 2.76. The Hall–Kier alpha value is -2.54. The third-order valence-electron chi connectivity index (χ3n) is 2.76. The number of carboxylic acid groups (broad SMARTS) is 1. The summed E-state index contributed by atoms with van der Waals surface area (Å²) in [5.74, 6) is -0.685. The molecule has 7 nitrogen and oxygen atoms in total. The summed E-state index contributed by atoms with van der Waals surface area (Å²) >= 11 is 0. The molecule has 0 fully saturated rings. The number of rotatable bonds is 7. The molecule has 0 aliphatic heterocycles. The lowest BCUT2D eigenvalue weighted by molar-refractivity contribution is 0.0697. The molecular formula is C14H16N4O3. The van der Waals surface area contributed by atoms with Gasteiger partial charge in [0.05, 0.1) is 5.69 Å². The highest BCUT2D eigenvalue weighted by Crippen LogP contribution is 2.21. The Balaban J connectivity index is 2.25. The molecule has 0 spiro atoms. The molecule has 0 aliphatic carbocycles. The average molecular weight is 288 g/mol. The van der Waals surface area contributed by atoms with Crippen LogP contribution in [-0.4, -0.2) is 46.3 Å². The average Bonchev–Trinajstić information content (AvgIpc) is 2.52. The topological polar surface area (TPSA) is 97.2 Å². The van der Waals surface area contributed by atoms with E-state index >= 15 is 0 Å². The van der Waals surface area contributed by atoms with Gasteiger partial charge in [0, 0.05) is 44.4 Å². The van der Waals surface area contributed by atoms with Crippen molar-refractivity contribution in [2.75, 3.05) is 25.6 Å². The second-order valence-corrected chi connectivity index (χ2v) is 4.28. The number of anilines is 1. The van der Waals surface area contributed by atoms with Crippen LogP contribution < -0.4 is 5.32 Å². The standard InChI is InChI=1S/C14H16N4O3/c1-21-7-3-6-16-14-17-9-11(13(19)20)12(18-14)10-4-2-5-15-8-10/h2,4-5,8-9H,3,6-7H2,1H3,(H,19,20)(H,16,17,18). The monoisotopic (exact) mass is 288 g/mol. The highest BCUT2D eigenvalue weighted by atomic mass is 16.5. The van der Waals surface area contributed by atoms with Crippen LogP contribution in [0.5, 0.6) is 0 Å². The van der Waals surface area contributed by atoms with Crippen LogP contribution in [0.15, 0.2) is 30.7 Å². The maximum Gasteiger partial charge on any atom is 0.339 e. The number of carboxylic acids is 1. The van der Waals surface area contributed by atoms with Gasteiger partial charge in [-0.25, -0.2) is 14.8 Å². The largest absolute Gasteiger partial charge is 0.478 e. The summed E-state index contributed by atoms with van der Waals surface area (Å²) in [7, 11) is 1.64. The number of ether oxygens (including phenoxy) is 1. The molecule has 0 bridgehead atoms. The predicted molar refractivity (Wildman–Crippen MR) is 77.2 cm³/mol. The lowest BCUT2D eigenvalue weighted by atomic mass is 10.1. The third kappa shape index (κ3) is 3.96. The van der Waals surface area contributed by atoms with Gasteiger partial charge < -0.3 is 15.2 Å². The van der Waals surface area contributed by atoms with Crippen LogP contribution in [0.4, 0.5) is 5.95 Å². The summed E-state index contributed by atoms with van der Waals surface area (Å²) < 4.78 is 4.96. The number of carbonyl (C=O) groups is 1. The van der Waals surface area contributed by atoms with Gasteiger partial charge in [-0.2, -0.15) is 0 Å². The zero-order valence-corrected chi connectivity index (χ0v) is 11.6. The van der Waals surface area contributed by atoms with Gasteiger partial charge in [0.25, 0.3) is 0 Å². The Morgan fingerprint density at radius 2 is 2.29 bits per heavy atom. The van der Waals surface area contributed by atoms with E-state index in [0.29, 0.717) is 30.4 Å². The Bertz CT molecular complexity index is 604. The number of aromatic carboxylic acids is 1. The van der Waals surface area contributed by atoms with Crippen LogP contribution in [0.3, 0.4) is 0 Å². The molecule has 0 atom stereocenters. The summed E-state index contributed by atoms with van der Waals surface area (Å²) in [6.07, 6.45) is 5.30. The fraction of sp³-hybridized carbons (Fsp3) is 0.286. The maximum atomic E-state index is 11.3. The van der Waals surface area contributed by atoms with Crippen LogP contribution in [0.25, 0.3) is 11.3 Å². The molecule has 2 aromatic rings. The zero-order chi connectivity index (χ0) is 15.1. The van der Waals surface area contributed by atoms with Crippen molar-refractivity contribution in [1.29, 1.82) is 0 Å². The molecule has 0 radical (unpaired) electrons. The second kappa shape index (κ2) is 7.30. The molecule has 2 rings (SSSR count). The first-order chi connectivity index (χ1) is 10.2. The van der Waals surface area contributed by atoms with Gasteiger partial charge in [-0.3, -0.25) is 4.98 Å². The number of hydrogen-bond donors (Lipinski definition) is 2. The summed E-state index contributed by atoms with van der Waals surface area (Å²) in [5.41, 5.74) is 1.03. The first-order valence-electron chi connectivity index (χ1n) is 6.46. The van der Waals surface area contributed by atoms with E-state index in [1.807, 2.05) is 0 Å². The van der Waals surface area contributed by atoms with Gasteiger partial charge in [0.2, 0.25) is 5.95 Å². The van der Waals surface area contributed by atoms with Crippen molar-refractivity contribution < 1.29 is 14.6 Å². The van der Waals surface area contributed by atoms with E-state index in [9.17, 15) is 9.90 Å². The van der Waals surface area contributed by atoms with Crippen LogP contribution >= 0.6 is 0 Å². The fourth-order valence-electron chi connectivity index (χ4n) is 1.76. The van der Waals surface area contributed by atoms with E-state index in [2.05, 4.69) is 20.3 Å². The number of hydrogen-bond acceptors (Lipinski definition) is 6. The van der Waals surface area contributed by atoms with Crippen molar-refractivity contribution >= 4 is 11.9 Å². The molecule has 0 saturated heterocycles. The molecule has 2 N–H and O–H groups in total. The quantitative estimate of drug-likeness (QED) is 0.748. The van der Waals surface area contributed by atoms with Crippen molar-refractivity contribution in [2.24, 2.45) is 0 Å². The molecule has 0 aliphatic rings. The van der Waals surface area contributed by atoms with Crippen LogP contribution in [0.2, 0.25) is 0 Å². The molecule has 7 heteroatoms. The van der Waals surface area contributed by atoms with Crippen LogP contribution in [0, 0.1) is 0 Å². The van der Waals surface area contributed by atoms with E-state index in [1.54, 1.807) is 31.6 Å². The summed E-state index contributed by atoms with van der Waals surface area (Å²) in [5, 5.41) is 12.3. The smallest absolute Gasteiger partial charge is 0.339 e. The number of pyridine rings is 1. The Kier molecular flexibility index (Phi) is 5.16. The minimum absolute atomic E-state index is 0.0467. The first kappa shape index (κ1) is 14.9. The van der Waals surface area contributed by atoms with Crippen LogP contribution in [-0.2, 0) is 4.74 Å². The van der Waals surface area contributed by atoms with E-state index in [4.69, 9.17) is 4.74 Å². The Morgan fingerprint density at radius 1 is 1.43 bits per heavy atom. The van der Waals surface area contributed by atoms with Gasteiger partial charge in [-0.05, 0) is 18.6 Å². The van der Waals surface area contributed by atoms with Gasteiger partial charge in [0.1, 0.15) is 5.56 Å². The van der Waals surface area contributed by atoms with Crippen molar-refractivity contribution in [1.82, 2.24) is 15.0 Å². The van der Waals surface area contributed by atoms with Gasteiger partial charge in [-0.15, -0.1) is 0 Å². The normalized spacial score (nSPS) is 10.3. The number of nitrogens with zero attached hydrogens (tertiary/aromatic N) is 3. The minimum Gasteiger partial charge on any atom is -0.478 e. The lowest BCUT2D eigenvalue weighted by Crippen LogP contribution is -2.10. The highest BCUT2D eigenvalue weighted by Gasteiger charge is 2.15. The molecule has 0 amide bonds. The second-order valence-electron chi connectivity index (χ2n) is 4.28.